The number of unbranched alkanes of at least 4 members (excludes halogenated alkanes) is 2. The summed E-state index contributed by atoms with van der Waals surface area (Å²) < 4.78 is 11.7. The first-order valence-corrected chi connectivity index (χ1v) is 9.50. The zero-order valence-corrected chi connectivity index (χ0v) is 15.5. The summed E-state index contributed by atoms with van der Waals surface area (Å²) in [5, 5.41) is 23.2. The topological polar surface area (TPSA) is 66.0 Å². The summed E-state index contributed by atoms with van der Waals surface area (Å²) in [6, 6.07) is 8.09. The Kier molecular flexibility index (Phi) is 7.32. The highest BCUT2D eigenvalue weighted by molar-refractivity contribution is 7.08. The number of hydrogen-bond donors (Lipinski definition) is 0. The zero-order valence-electron chi connectivity index (χ0n) is 14.7. The molecule has 0 saturated heterocycles. The number of benzene rings is 1. The predicted octanol–water partition coefficient (Wildman–Crippen LogP) is 5.52. The Morgan fingerprint density at radius 3 is 2.24 bits per heavy atom. The van der Waals surface area contributed by atoms with Gasteiger partial charge in [-0.2, -0.15) is 21.9 Å². The first-order chi connectivity index (χ1) is 12.3. The van der Waals surface area contributed by atoms with Crippen molar-refractivity contribution < 1.29 is 9.47 Å². The van der Waals surface area contributed by atoms with Gasteiger partial charge in [0.2, 0.25) is 0 Å². The molecule has 2 rings (SSSR count). The lowest BCUT2D eigenvalue weighted by molar-refractivity contribution is 0.300. The minimum Gasteiger partial charge on any atom is -0.492 e. The summed E-state index contributed by atoms with van der Waals surface area (Å²) in [5.74, 6) is 0.935. The van der Waals surface area contributed by atoms with E-state index in [9.17, 15) is 10.5 Å². The molecule has 0 saturated carbocycles. The number of hydrogen-bond acceptors (Lipinski definition) is 5. The molecule has 0 aliphatic rings. The molecule has 0 bridgehead atoms. The van der Waals surface area contributed by atoms with Crippen molar-refractivity contribution >= 4 is 11.3 Å². The third kappa shape index (κ3) is 4.53. The van der Waals surface area contributed by atoms with E-state index in [4.69, 9.17) is 9.47 Å². The van der Waals surface area contributed by atoms with E-state index in [0.29, 0.717) is 24.7 Å². The Balaban J connectivity index is 2.55. The van der Waals surface area contributed by atoms with Gasteiger partial charge in [-0.05, 0) is 41.3 Å². The van der Waals surface area contributed by atoms with E-state index in [0.717, 1.165) is 36.8 Å². The van der Waals surface area contributed by atoms with Crippen LogP contribution in [0.4, 0.5) is 0 Å². The molecule has 25 heavy (non-hydrogen) atoms. The maximum atomic E-state index is 9.67. The van der Waals surface area contributed by atoms with Crippen molar-refractivity contribution in [1.29, 1.82) is 10.5 Å². The molecule has 1 aromatic carbocycles. The normalized spacial score (nSPS) is 10.1. The smallest absolute Gasteiger partial charge is 0.146 e. The molecule has 0 spiro atoms. The van der Waals surface area contributed by atoms with Crippen LogP contribution in [0.3, 0.4) is 0 Å². The molecule has 130 valence electrons. The van der Waals surface area contributed by atoms with Crippen molar-refractivity contribution in [2.24, 2.45) is 0 Å². The minimum atomic E-state index is 0.254. The molecule has 1 aromatic heterocycles. The summed E-state index contributed by atoms with van der Waals surface area (Å²) in [5.41, 5.74) is 2.29. The first kappa shape index (κ1) is 18.8. The zero-order chi connectivity index (χ0) is 18.1. The molecular weight excluding hydrogens is 332 g/mol. The van der Waals surface area contributed by atoms with Gasteiger partial charge in [0, 0.05) is 5.56 Å². The van der Waals surface area contributed by atoms with E-state index < -0.39 is 0 Å². The first-order valence-electron chi connectivity index (χ1n) is 8.56. The molecule has 0 N–H and O–H groups in total. The molecule has 0 aliphatic carbocycles. The standard InChI is InChI=1S/C20H22N2O2S/c1-3-5-8-23-19-11-16(15-7-10-25-14-15)20(24-9-6-4-2)18(13-22)17(19)12-21/h7,10-11,14H,3-6,8-9H2,1-2H3. The van der Waals surface area contributed by atoms with Crippen LogP contribution in [-0.2, 0) is 0 Å². The van der Waals surface area contributed by atoms with E-state index in [1.54, 1.807) is 11.3 Å². The summed E-state index contributed by atoms with van der Waals surface area (Å²) in [7, 11) is 0. The maximum Gasteiger partial charge on any atom is 0.146 e. The molecule has 4 nitrogen and oxygen atoms in total. The second-order valence-electron chi connectivity index (χ2n) is 5.64. The fourth-order valence-electron chi connectivity index (χ4n) is 2.40. The molecule has 0 aliphatic heterocycles. The van der Waals surface area contributed by atoms with Crippen LogP contribution in [-0.4, -0.2) is 13.2 Å². The van der Waals surface area contributed by atoms with Gasteiger partial charge < -0.3 is 9.47 Å². The SMILES string of the molecule is CCCCOc1cc(-c2ccsc2)c(OCCCC)c(C#N)c1C#N. The molecule has 5 heteroatoms. The summed E-state index contributed by atoms with van der Waals surface area (Å²) in [6.45, 7) is 5.20. The van der Waals surface area contributed by atoms with Crippen LogP contribution in [0.1, 0.15) is 50.7 Å². The summed E-state index contributed by atoms with van der Waals surface area (Å²) >= 11 is 1.58. The van der Waals surface area contributed by atoms with Crippen LogP contribution >= 0.6 is 11.3 Å². The molecule has 0 amide bonds. The highest BCUT2D eigenvalue weighted by Gasteiger charge is 2.21. The molecule has 0 radical (unpaired) electrons. The van der Waals surface area contributed by atoms with Crippen LogP contribution in [0.25, 0.3) is 11.1 Å². The van der Waals surface area contributed by atoms with Crippen LogP contribution < -0.4 is 9.47 Å². The molecule has 0 fully saturated rings. The average Bonchev–Trinajstić information content (AvgIpc) is 3.16. The van der Waals surface area contributed by atoms with Gasteiger partial charge in [0.05, 0.1) is 13.2 Å². The monoisotopic (exact) mass is 354 g/mol. The van der Waals surface area contributed by atoms with E-state index in [1.807, 2.05) is 22.9 Å². The second-order valence-corrected chi connectivity index (χ2v) is 6.42. The van der Waals surface area contributed by atoms with Crippen molar-refractivity contribution in [1.82, 2.24) is 0 Å². The van der Waals surface area contributed by atoms with Crippen molar-refractivity contribution in [3.63, 3.8) is 0 Å². The number of ether oxygens (including phenoxy) is 2. The van der Waals surface area contributed by atoms with Crippen molar-refractivity contribution in [2.45, 2.75) is 39.5 Å². The number of nitrogens with zero attached hydrogens (tertiary/aromatic N) is 2. The number of rotatable bonds is 9. The molecule has 1 heterocycles. The Morgan fingerprint density at radius 1 is 1.00 bits per heavy atom. The van der Waals surface area contributed by atoms with Crippen molar-refractivity contribution in [2.75, 3.05) is 13.2 Å². The molecule has 2 aromatic rings. The summed E-state index contributed by atoms with van der Waals surface area (Å²) in [4.78, 5) is 0. The van der Waals surface area contributed by atoms with E-state index in [2.05, 4.69) is 26.0 Å². The third-order valence-corrected chi connectivity index (χ3v) is 4.48. The number of thiophene rings is 1. The average molecular weight is 354 g/mol. The van der Waals surface area contributed by atoms with Gasteiger partial charge in [-0.25, -0.2) is 0 Å². The second kappa shape index (κ2) is 9.71. The molecular formula is C20H22N2O2S. The van der Waals surface area contributed by atoms with Crippen molar-refractivity contribution in [3.8, 4) is 34.8 Å². The van der Waals surface area contributed by atoms with Gasteiger partial charge >= 0.3 is 0 Å². The van der Waals surface area contributed by atoms with Crippen molar-refractivity contribution in [3.05, 3.63) is 34.0 Å². The van der Waals surface area contributed by atoms with Crippen LogP contribution in [0, 0.1) is 22.7 Å². The van der Waals surface area contributed by atoms with Gasteiger partial charge in [-0.1, -0.05) is 26.7 Å². The lowest BCUT2D eigenvalue weighted by Gasteiger charge is -2.17. The lowest BCUT2D eigenvalue weighted by atomic mass is 9.98. The van der Waals surface area contributed by atoms with Gasteiger partial charge in [0.25, 0.3) is 0 Å². The maximum absolute atomic E-state index is 9.67. The van der Waals surface area contributed by atoms with E-state index in [1.165, 1.54) is 0 Å². The van der Waals surface area contributed by atoms with Gasteiger partial charge in [-0.3, -0.25) is 0 Å². The Bertz CT molecular complexity index is 770. The van der Waals surface area contributed by atoms with Crippen LogP contribution in [0.5, 0.6) is 11.5 Å². The van der Waals surface area contributed by atoms with Gasteiger partial charge in [0.1, 0.15) is 34.8 Å². The molecule has 0 unspecified atom stereocenters. The predicted molar refractivity (Wildman–Crippen MR) is 100.0 cm³/mol. The Labute approximate surface area is 153 Å². The van der Waals surface area contributed by atoms with Crippen LogP contribution in [0.15, 0.2) is 22.9 Å². The van der Waals surface area contributed by atoms with E-state index in [-0.39, 0.29) is 11.1 Å². The fraction of sp³-hybridized carbons (Fsp3) is 0.400. The highest BCUT2D eigenvalue weighted by Crippen LogP contribution is 2.41. The fourth-order valence-corrected chi connectivity index (χ4v) is 3.05. The quantitative estimate of drug-likeness (QED) is 0.556. The largest absolute Gasteiger partial charge is 0.492 e. The summed E-state index contributed by atoms with van der Waals surface area (Å²) in [6.07, 6.45) is 3.79. The molecule has 0 atom stereocenters. The van der Waals surface area contributed by atoms with Gasteiger partial charge in [-0.15, -0.1) is 0 Å². The Morgan fingerprint density at radius 2 is 1.68 bits per heavy atom. The number of nitriles is 2. The van der Waals surface area contributed by atoms with Crippen LogP contribution in [0.2, 0.25) is 0 Å². The Hall–Kier alpha value is -2.50. The van der Waals surface area contributed by atoms with E-state index >= 15 is 0 Å². The lowest BCUT2D eigenvalue weighted by Crippen LogP contribution is -2.05. The minimum absolute atomic E-state index is 0.254. The van der Waals surface area contributed by atoms with Gasteiger partial charge in [0.15, 0.2) is 0 Å². The highest BCUT2D eigenvalue weighted by atomic mass is 32.1. The third-order valence-electron chi connectivity index (χ3n) is 3.80.